The average molecular weight is 232 g/mol. The molecule has 0 atom stereocenters. The van der Waals surface area contributed by atoms with Crippen molar-refractivity contribution in [3.05, 3.63) is 35.8 Å². The Morgan fingerprint density at radius 1 is 1.41 bits per heavy atom. The van der Waals surface area contributed by atoms with Gasteiger partial charge in [0.15, 0.2) is 5.82 Å². The lowest BCUT2D eigenvalue weighted by molar-refractivity contribution is 0.102. The number of rotatable bonds is 2. The Kier molecular flexibility index (Phi) is 2.75. The number of carbonyl (C=O) groups is 1. The van der Waals surface area contributed by atoms with E-state index in [4.69, 9.17) is 0 Å². The van der Waals surface area contributed by atoms with Crippen molar-refractivity contribution in [1.82, 2.24) is 15.2 Å². The summed E-state index contributed by atoms with van der Waals surface area (Å²) >= 11 is 0. The molecule has 0 bridgehead atoms. The first-order chi connectivity index (χ1) is 7.97. The number of nitrogens with one attached hydrogen (secondary N) is 3. The summed E-state index contributed by atoms with van der Waals surface area (Å²) in [6.45, 7) is 6.24. The van der Waals surface area contributed by atoms with Crippen LogP contribution in [0.15, 0.2) is 24.4 Å². The molecule has 2 rings (SSSR count). The van der Waals surface area contributed by atoms with Crippen LogP contribution in [0.3, 0.4) is 0 Å². The molecule has 17 heavy (non-hydrogen) atoms. The van der Waals surface area contributed by atoms with E-state index in [0.29, 0.717) is 11.5 Å². The highest BCUT2D eigenvalue weighted by molar-refractivity contribution is 6.02. The van der Waals surface area contributed by atoms with Gasteiger partial charge in [0.2, 0.25) is 0 Å². The van der Waals surface area contributed by atoms with E-state index in [0.717, 1.165) is 5.69 Å². The maximum absolute atomic E-state index is 11.7. The zero-order chi connectivity index (χ0) is 12.5. The predicted octanol–water partition coefficient (Wildman–Crippen LogP) is 2.29. The van der Waals surface area contributed by atoms with Crippen LogP contribution < -0.4 is 5.32 Å². The van der Waals surface area contributed by atoms with Gasteiger partial charge in [-0.2, -0.15) is 5.10 Å². The van der Waals surface area contributed by atoms with Crippen molar-refractivity contribution in [2.24, 2.45) is 0 Å². The van der Waals surface area contributed by atoms with Crippen molar-refractivity contribution in [3.8, 4) is 0 Å². The predicted molar refractivity (Wildman–Crippen MR) is 66.0 cm³/mol. The lowest BCUT2D eigenvalue weighted by Crippen LogP contribution is -2.12. The van der Waals surface area contributed by atoms with Crippen LogP contribution in [0, 0.1) is 0 Å². The third-order valence-electron chi connectivity index (χ3n) is 2.47. The molecule has 0 fully saturated rings. The largest absolute Gasteiger partial charge is 0.357 e. The van der Waals surface area contributed by atoms with E-state index in [-0.39, 0.29) is 11.3 Å². The molecule has 0 aliphatic heterocycles. The summed E-state index contributed by atoms with van der Waals surface area (Å²) < 4.78 is 0. The first-order valence-corrected chi connectivity index (χ1v) is 5.47. The van der Waals surface area contributed by atoms with Crippen molar-refractivity contribution in [1.29, 1.82) is 0 Å². The molecule has 90 valence electrons. The summed E-state index contributed by atoms with van der Waals surface area (Å²) in [5.74, 6) is 0.344. The van der Waals surface area contributed by atoms with E-state index in [1.165, 1.54) is 0 Å². The molecule has 3 N–H and O–H groups in total. The van der Waals surface area contributed by atoms with E-state index >= 15 is 0 Å². The smallest absolute Gasteiger partial charge is 0.273 e. The van der Waals surface area contributed by atoms with Crippen LogP contribution in [0.25, 0.3) is 0 Å². The van der Waals surface area contributed by atoms with E-state index < -0.39 is 0 Å². The lowest BCUT2D eigenvalue weighted by atomic mass is 9.92. The zero-order valence-electron chi connectivity index (χ0n) is 10.2. The quantitative estimate of drug-likeness (QED) is 0.743. The lowest BCUT2D eigenvalue weighted by Gasteiger charge is -2.14. The number of nitrogens with zero attached hydrogens (tertiary/aromatic N) is 1. The molecule has 2 aromatic rings. The van der Waals surface area contributed by atoms with Gasteiger partial charge in [0, 0.05) is 23.4 Å². The molecule has 0 aromatic carbocycles. The minimum atomic E-state index is -0.193. The number of carbonyl (C=O) groups excluding carboxylic acids is 1. The highest BCUT2D eigenvalue weighted by atomic mass is 16.1. The Labute approximate surface area is 99.6 Å². The number of hydrogen-bond donors (Lipinski definition) is 3. The fraction of sp³-hybridized carbons (Fsp3) is 0.333. The summed E-state index contributed by atoms with van der Waals surface area (Å²) in [4.78, 5) is 14.6. The molecule has 0 unspecified atom stereocenters. The molecule has 0 saturated heterocycles. The Morgan fingerprint density at radius 2 is 2.18 bits per heavy atom. The summed E-state index contributed by atoms with van der Waals surface area (Å²) in [5.41, 5.74) is 1.49. The van der Waals surface area contributed by atoms with Crippen LogP contribution in [-0.2, 0) is 5.41 Å². The van der Waals surface area contributed by atoms with Crippen LogP contribution >= 0.6 is 0 Å². The van der Waals surface area contributed by atoms with Crippen LogP contribution in [0.4, 0.5) is 5.82 Å². The Hall–Kier alpha value is -2.04. The number of anilines is 1. The number of aromatic nitrogens is 3. The van der Waals surface area contributed by atoms with E-state index in [9.17, 15) is 4.79 Å². The third kappa shape index (κ3) is 2.55. The van der Waals surface area contributed by atoms with Crippen molar-refractivity contribution in [3.63, 3.8) is 0 Å². The number of H-pyrrole nitrogens is 2. The Morgan fingerprint density at radius 3 is 2.71 bits per heavy atom. The van der Waals surface area contributed by atoms with Gasteiger partial charge in [-0.15, -0.1) is 0 Å². The summed E-state index contributed by atoms with van der Waals surface area (Å²) in [6, 6.07) is 5.34. The SMILES string of the molecule is CC(C)(C)c1cc(NC(=O)c2ccc[nH]2)n[nH]1. The van der Waals surface area contributed by atoms with Crippen LogP contribution in [0.1, 0.15) is 37.0 Å². The first-order valence-electron chi connectivity index (χ1n) is 5.47. The fourth-order valence-electron chi connectivity index (χ4n) is 1.43. The molecule has 1 amide bonds. The van der Waals surface area contributed by atoms with Crippen molar-refractivity contribution in [2.75, 3.05) is 5.32 Å². The maximum Gasteiger partial charge on any atom is 0.273 e. The normalized spacial score (nSPS) is 11.5. The number of aromatic amines is 2. The second-order valence-electron chi connectivity index (χ2n) is 4.95. The topological polar surface area (TPSA) is 73.6 Å². The minimum absolute atomic E-state index is 0.0115. The third-order valence-corrected chi connectivity index (χ3v) is 2.47. The van der Waals surface area contributed by atoms with Crippen LogP contribution in [0.5, 0.6) is 0 Å². The highest BCUT2D eigenvalue weighted by Crippen LogP contribution is 2.21. The Bertz CT molecular complexity index is 505. The molecule has 0 aliphatic rings. The van der Waals surface area contributed by atoms with E-state index in [1.54, 1.807) is 18.3 Å². The zero-order valence-corrected chi connectivity index (χ0v) is 10.2. The number of hydrogen-bond acceptors (Lipinski definition) is 2. The van der Waals surface area contributed by atoms with Gasteiger partial charge in [-0.1, -0.05) is 20.8 Å². The first kappa shape index (κ1) is 11.4. The summed E-state index contributed by atoms with van der Waals surface area (Å²) in [6.07, 6.45) is 1.71. The molecule has 2 heterocycles. The second kappa shape index (κ2) is 4.08. The van der Waals surface area contributed by atoms with Crippen molar-refractivity contribution >= 4 is 11.7 Å². The monoisotopic (exact) mass is 232 g/mol. The fourth-order valence-corrected chi connectivity index (χ4v) is 1.43. The van der Waals surface area contributed by atoms with Crippen molar-refractivity contribution < 1.29 is 4.79 Å². The molecule has 0 spiro atoms. The van der Waals surface area contributed by atoms with E-state index in [1.807, 2.05) is 6.07 Å². The van der Waals surface area contributed by atoms with Gasteiger partial charge in [-0.25, -0.2) is 0 Å². The molecule has 0 saturated carbocycles. The summed E-state index contributed by atoms with van der Waals surface area (Å²) in [7, 11) is 0. The van der Waals surface area contributed by atoms with Gasteiger partial charge in [0.1, 0.15) is 5.69 Å². The average Bonchev–Trinajstić information content (AvgIpc) is 2.85. The minimum Gasteiger partial charge on any atom is -0.357 e. The molecular weight excluding hydrogens is 216 g/mol. The molecular formula is C12H16N4O. The molecule has 2 aromatic heterocycles. The number of amides is 1. The van der Waals surface area contributed by atoms with Gasteiger partial charge < -0.3 is 10.3 Å². The van der Waals surface area contributed by atoms with Gasteiger partial charge in [-0.3, -0.25) is 9.89 Å². The summed E-state index contributed by atoms with van der Waals surface area (Å²) in [5, 5.41) is 9.71. The maximum atomic E-state index is 11.7. The van der Waals surface area contributed by atoms with Crippen molar-refractivity contribution in [2.45, 2.75) is 26.2 Å². The standard InChI is InChI=1S/C12H16N4O/c1-12(2,3)9-7-10(16-15-9)14-11(17)8-5-4-6-13-8/h4-7,13H,1-3H3,(H2,14,15,16,17). The molecule has 5 heteroatoms. The van der Waals surface area contributed by atoms with E-state index in [2.05, 4.69) is 41.3 Å². The highest BCUT2D eigenvalue weighted by Gasteiger charge is 2.17. The van der Waals surface area contributed by atoms with Gasteiger partial charge in [-0.05, 0) is 12.1 Å². The van der Waals surface area contributed by atoms with Crippen LogP contribution in [-0.4, -0.2) is 21.1 Å². The van der Waals surface area contributed by atoms with Gasteiger partial charge in [0.25, 0.3) is 5.91 Å². The molecule has 5 nitrogen and oxygen atoms in total. The Balaban J connectivity index is 2.10. The van der Waals surface area contributed by atoms with Gasteiger partial charge >= 0.3 is 0 Å². The van der Waals surface area contributed by atoms with Crippen LogP contribution in [0.2, 0.25) is 0 Å². The molecule has 0 aliphatic carbocycles. The molecule has 0 radical (unpaired) electrons. The second-order valence-corrected chi connectivity index (χ2v) is 4.95. The van der Waals surface area contributed by atoms with Gasteiger partial charge in [0.05, 0.1) is 0 Å².